The van der Waals surface area contributed by atoms with Crippen LogP contribution in [-0.2, 0) is 9.59 Å². The highest BCUT2D eigenvalue weighted by molar-refractivity contribution is 5.89. The van der Waals surface area contributed by atoms with Gasteiger partial charge in [-0.2, -0.15) is 0 Å². The van der Waals surface area contributed by atoms with Crippen LogP contribution < -0.4 is 5.32 Å². The lowest BCUT2D eigenvalue weighted by atomic mass is 10.1. The van der Waals surface area contributed by atoms with Gasteiger partial charge in [0.15, 0.2) is 0 Å². The average molecular weight is 302 g/mol. The van der Waals surface area contributed by atoms with Crippen molar-refractivity contribution in [2.24, 2.45) is 5.92 Å². The molecule has 3 unspecified atom stereocenters. The summed E-state index contributed by atoms with van der Waals surface area (Å²) < 4.78 is 0. The van der Waals surface area contributed by atoms with Crippen LogP contribution in [-0.4, -0.2) is 59.9 Å². The highest BCUT2D eigenvalue weighted by Gasteiger charge is 2.43. The fraction of sp³-hybridized carbons (Fsp3) is 0.857. The lowest BCUT2D eigenvalue weighted by Crippen LogP contribution is -2.46. The molecule has 6 heteroatoms. The summed E-state index contributed by atoms with van der Waals surface area (Å²) in [5.74, 6) is 0.260. The van der Waals surface area contributed by atoms with E-state index >= 15 is 0 Å². The van der Waals surface area contributed by atoms with Gasteiger partial charge in [0.05, 0.1) is 5.92 Å². The Balaban J connectivity index is 0.00000147. The third-order valence-electron chi connectivity index (χ3n) is 4.85. The van der Waals surface area contributed by atoms with E-state index < -0.39 is 0 Å². The van der Waals surface area contributed by atoms with Crippen molar-refractivity contribution in [3.05, 3.63) is 0 Å². The topological polar surface area (TPSA) is 52.7 Å². The number of likely N-dealkylation sites (tertiary alicyclic amines) is 1. The maximum absolute atomic E-state index is 12.7. The molecule has 3 aliphatic rings. The second-order valence-electron chi connectivity index (χ2n) is 5.96. The summed E-state index contributed by atoms with van der Waals surface area (Å²) in [4.78, 5) is 28.4. The van der Waals surface area contributed by atoms with Crippen molar-refractivity contribution in [3.63, 3.8) is 0 Å². The van der Waals surface area contributed by atoms with E-state index in [0.717, 1.165) is 38.9 Å². The number of nitrogens with one attached hydrogen (secondary N) is 1. The van der Waals surface area contributed by atoms with E-state index in [1.807, 2.05) is 6.92 Å². The molecule has 3 fully saturated rings. The van der Waals surface area contributed by atoms with Crippen LogP contribution in [0.1, 0.15) is 32.6 Å². The Kier molecular flexibility index (Phi) is 4.91. The molecule has 0 aromatic carbocycles. The van der Waals surface area contributed by atoms with E-state index in [1.165, 1.54) is 0 Å². The SMILES string of the molecule is CCN1CC(C(=O)N2C3CCNCC2CC3)CC1=O.Cl. The molecule has 2 amide bonds. The molecule has 0 radical (unpaired) electrons. The van der Waals surface area contributed by atoms with Crippen molar-refractivity contribution in [1.29, 1.82) is 0 Å². The van der Waals surface area contributed by atoms with Gasteiger partial charge in [-0.25, -0.2) is 0 Å². The summed E-state index contributed by atoms with van der Waals surface area (Å²) in [7, 11) is 0. The third kappa shape index (κ3) is 2.66. The van der Waals surface area contributed by atoms with Crippen molar-refractivity contribution in [2.45, 2.75) is 44.7 Å². The second kappa shape index (κ2) is 6.31. The fourth-order valence-electron chi connectivity index (χ4n) is 3.80. The number of rotatable bonds is 2. The molecular formula is C14H24ClN3O2. The van der Waals surface area contributed by atoms with Gasteiger partial charge in [-0.15, -0.1) is 12.4 Å². The first-order valence-electron chi connectivity index (χ1n) is 7.51. The van der Waals surface area contributed by atoms with E-state index in [-0.39, 0.29) is 30.1 Å². The third-order valence-corrected chi connectivity index (χ3v) is 4.85. The zero-order valence-corrected chi connectivity index (χ0v) is 12.8. The van der Waals surface area contributed by atoms with Gasteiger partial charge in [0, 0.05) is 38.1 Å². The zero-order valence-electron chi connectivity index (χ0n) is 12.0. The largest absolute Gasteiger partial charge is 0.342 e. The molecule has 3 aliphatic heterocycles. The number of hydrogen-bond acceptors (Lipinski definition) is 3. The van der Waals surface area contributed by atoms with Crippen LogP contribution in [0.2, 0.25) is 0 Å². The van der Waals surface area contributed by atoms with Crippen molar-refractivity contribution < 1.29 is 9.59 Å². The van der Waals surface area contributed by atoms with Crippen LogP contribution in [0.15, 0.2) is 0 Å². The number of halogens is 1. The highest BCUT2D eigenvalue weighted by atomic mass is 35.5. The van der Waals surface area contributed by atoms with Crippen LogP contribution in [0, 0.1) is 5.92 Å². The molecule has 3 heterocycles. The molecule has 0 saturated carbocycles. The summed E-state index contributed by atoms with van der Waals surface area (Å²) in [6.07, 6.45) is 3.72. The van der Waals surface area contributed by atoms with Gasteiger partial charge in [-0.3, -0.25) is 9.59 Å². The van der Waals surface area contributed by atoms with Crippen LogP contribution >= 0.6 is 12.4 Å². The molecule has 0 aromatic rings. The number of amides is 2. The van der Waals surface area contributed by atoms with Crippen LogP contribution in [0.5, 0.6) is 0 Å². The first-order valence-corrected chi connectivity index (χ1v) is 7.51. The van der Waals surface area contributed by atoms with Gasteiger partial charge < -0.3 is 15.1 Å². The Morgan fingerprint density at radius 2 is 2.05 bits per heavy atom. The van der Waals surface area contributed by atoms with E-state index in [0.29, 0.717) is 25.0 Å². The average Bonchev–Trinajstić information content (AvgIpc) is 2.88. The van der Waals surface area contributed by atoms with Crippen LogP contribution in [0.25, 0.3) is 0 Å². The Labute approximate surface area is 126 Å². The summed E-state index contributed by atoms with van der Waals surface area (Å²) in [6.45, 7) is 5.24. The Bertz CT molecular complexity index is 377. The number of carbonyl (C=O) groups is 2. The lowest BCUT2D eigenvalue weighted by molar-refractivity contribution is -0.138. The van der Waals surface area contributed by atoms with Crippen molar-refractivity contribution in [3.8, 4) is 0 Å². The molecule has 114 valence electrons. The standard InChI is InChI=1S/C14H23N3O2.ClH/c1-2-16-9-10(7-13(16)18)14(19)17-11-3-4-12(17)8-15-6-5-11;/h10-12,15H,2-9H2,1H3;1H. The van der Waals surface area contributed by atoms with Crippen LogP contribution in [0.3, 0.4) is 0 Å². The molecule has 0 aliphatic carbocycles. The minimum atomic E-state index is -0.103. The number of fused-ring (bicyclic) bond motifs is 2. The van der Waals surface area contributed by atoms with E-state index in [9.17, 15) is 9.59 Å². The maximum Gasteiger partial charge on any atom is 0.228 e. The van der Waals surface area contributed by atoms with Gasteiger partial charge >= 0.3 is 0 Å². The van der Waals surface area contributed by atoms with Gasteiger partial charge in [0.1, 0.15) is 0 Å². The summed E-state index contributed by atoms with van der Waals surface area (Å²) in [5, 5.41) is 3.41. The van der Waals surface area contributed by atoms with Gasteiger partial charge in [0.25, 0.3) is 0 Å². The normalized spacial score (nSPS) is 33.0. The van der Waals surface area contributed by atoms with Crippen molar-refractivity contribution >= 4 is 24.2 Å². The molecule has 0 aromatic heterocycles. The Morgan fingerprint density at radius 3 is 2.75 bits per heavy atom. The predicted octanol–water partition coefficient (Wildman–Crippen LogP) is 0.630. The first-order chi connectivity index (χ1) is 9.20. The molecule has 3 saturated heterocycles. The monoisotopic (exact) mass is 301 g/mol. The quantitative estimate of drug-likeness (QED) is 0.814. The molecular weight excluding hydrogens is 278 g/mol. The first kappa shape index (κ1) is 15.6. The molecule has 20 heavy (non-hydrogen) atoms. The fourth-order valence-corrected chi connectivity index (χ4v) is 3.80. The number of nitrogens with zero attached hydrogens (tertiary/aromatic N) is 2. The Morgan fingerprint density at radius 1 is 1.30 bits per heavy atom. The van der Waals surface area contributed by atoms with E-state index in [2.05, 4.69) is 10.2 Å². The summed E-state index contributed by atoms with van der Waals surface area (Å²) in [6, 6.07) is 0.754. The maximum atomic E-state index is 12.7. The molecule has 3 rings (SSSR count). The Hall–Kier alpha value is -0.810. The van der Waals surface area contributed by atoms with E-state index in [1.54, 1.807) is 4.90 Å². The summed E-state index contributed by atoms with van der Waals surface area (Å²) >= 11 is 0. The van der Waals surface area contributed by atoms with Crippen LogP contribution in [0.4, 0.5) is 0 Å². The van der Waals surface area contributed by atoms with Gasteiger partial charge in [0.2, 0.25) is 11.8 Å². The molecule has 0 spiro atoms. The zero-order chi connectivity index (χ0) is 13.4. The molecule has 5 nitrogen and oxygen atoms in total. The smallest absolute Gasteiger partial charge is 0.228 e. The molecule has 3 atom stereocenters. The van der Waals surface area contributed by atoms with Gasteiger partial charge in [-0.05, 0) is 32.7 Å². The predicted molar refractivity (Wildman–Crippen MR) is 78.8 cm³/mol. The minimum Gasteiger partial charge on any atom is -0.342 e. The second-order valence-corrected chi connectivity index (χ2v) is 5.96. The minimum absolute atomic E-state index is 0. The highest BCUT2D eigenvalue weighted by Crippen LogP contribution is 2.31. The number of carbonyl (C=O) groups excluding carboxylic acids is 2. The van der Waals surface area contributed by atoms with Crippen molar-refractivity contribution in [1.82, 2.24) is 15.1 Å². The number of hydrogen-bond donors (Lipinski definition) is 1. The van der Waals surface area contributed by atoms with E-state index in [4.69, 9.17) is 0 Å². The lowest BCUT2D eigenvalue weighted by Gasteiger charge is -2.30. The molecule has 2 bridgehead atoms. The van der Waals surface area contributed by atoms with Gasteiger partial charge in [-0.1, -0.05) is 0 Å². The van der Waals surface area contributed by atoms with Crippen molar-refractivity contribution in [2.75, 3.05) is 26.2 Å². The summed E-state index contributed by atoms with van der Waals surface area (Å²) in [5.41, 5.74) is 0. The molecule has 1 N–H and O–H groups in total.